The number of carboxylic acids is 1. The Bertz CT molecular complexity index is 1450. The molecule has 0 radical (unpaired) electrons. The second-order valence-electron chi connectivity index (χ2n) is 8.89. The molecule has 4 rings (SSSR count). The first-order valence-corrected chi connectivity index (χ1v) is 13.2. The third-order valence-corrected chi connectivity index (χ3v) is 8.10. The minimum Gasteiger partial charge on any atom is -0.487 e. The SMILES string of the molecule is Cc1oc(-c2cc(F)c(C)c(F)c2F)nc1COc1cccc(CN(CC(=O)O)S(=O)(=O)N2CCCC2)c1. The second-order valence-corrected chi connectivity index (χ2v) is 10.8. The van der Waals surface area contributed by atoms with Crippen LogP contribution >= 0.6 is 0 Å². The topological polar surface area (TPSA) is 113 Å². The van der Waals surface area contributed by atoms with E-state index < -0.39 is 51.3 Å². The molecule has 1 N–H and O–H groups in total. The Labute approximate surface area is 217 Å². The second kappa shape index (κ2) is 11.1. The van der Waals surface area contributed by atoms with Crippen molar-refractivity contribution in [2.24, 2.45) is 0 Å². The number of benzene rings is 2. The molecule has 0 bridgehead atoms. The molecule has 0 atom stereocenters. The van der Waals surface area contributed by atoms with Crippen LogP contribution in [0.5, 0.6) is 5.75 Å². The van der Waals surface area contributed by atoms with E-state index in [1.807, 2.05) is 0 Å². The van der Waals surface area contributed by atoms with Crippen LogP contribution in [0.15, 0.2) is 34.7 Å². The molecule has 1 fully saturated rings. The van der Waals surface area contributed by atoms with Gasteiger partial charge in [0.1, 0.15) is 36.2 Å². The van der Waals surface area contributed by atoms with Crippen molar-refractivity contribution in [1.82, 2.24) is 13.6 Å². The van der Waals surface area contributed by atoms with Crippen LogP contribution in [0.1, 0.15) is 35.4 Å². The van der Waals surface area contributed by atoms with Crippen LogP contribution < -0.4 is 4.74 Å². The summed E-state index contributed by atoms with van der Waals surface area (Å²) >= 11 is 0. The lowest BCUT2D eigenvalue weighted by Gasteiger charge is -2.26. The first kappa shape index (κ1) is 27.6. The maximum atomic E-state index is 14.4. The van der Waals surface area contributed by atoms with Crippen molar-refractivity contribution in [3.05, 3.63) is 70.4 Å². The van der Waals surface area contributed by atoms with Crippen molar-refractivity contribution < 1.29 is 40.6 Å². The molecule has 0 saturated carbocycles. The summed E-state index contributed by atoms with van der Waals surface area (Å²) in [5.41, 5.74) is -0.153. The summed E-state index contributed by atoms with van der Waals surface area (Å²) in [7, 11) is -3.97. The van der Waals surface area contributed by atoms with Crippen LogP contribution in [0.4, 0.5) is 13.2 Å². The van der Waals surface area contributed by atoms with Crippen LogP contribution in [0.25, 0.3) is 11.5 Å². The van der Waals surface area contributed by atoms with E-state index in [4.69, 9.17) is 9.15 Å². The molecule has 2 aromatic carbocycles. The Hall–Kier alpha value is -3.42. The van der Waals surface area contributed by atoms with E-state index in [-0.39, 0.29) is 30.5 Å². The fraction of sp³-hybridized carbons (Fsp3) is 0.360. The highest BCUT2D eigenvalue weighted by atomic mass is 32.2. The van der Waals surface area contributed by atoms with E-state index in [1.165, 1.54) is 11.2 Å². The molecule has 0 aliphatic carbocycles. The minimum absolute atomic E-state index is 0.137. The molecule has 9 nitrogen and oxygen atoms in total. The van der Waals surface area contributed by atoms with Gasteiger partial charge < -0.3 is 14.3 Å². The average Bonchev–Trinajstić information content (AvgIpc) is 3.54. The molecule has 1 aromatic heterocycles. The highest BCUT2D eigenvalue weighted by molar-refractivity contribution is 7.86. The standard InChI is InChI=1S/C25H26F3N3O6S/c1-15-20(26)11-19(24(28)23(15)27)25-29-21(16(2)37-25)14-36-18-7-5-6-17(10-18)12-31(13-22(32)33)38(34,35)30-8-3-4-9-30/h5-7,10-11H,3-4,8-9,12-14H2,1-2H3,(H,32,33). The van der Waals surface area contributed by atoms with Crippen molar-refractivity contribution in [2.45, 2.75) is 39.8 Å². The monoisotopic (exact) mass is 553 g/mol. The Morgan fingerprint density at radius 3 is 2.55 bits per heavy atom. The molecule has 38 heavy (non-hydrogen) atoms. The van der Waals surface area contributed by atoms with Gasteiger partial charge >= 0.3 is 5.97 Å². The van der Waals surface area contributed by atoms with Gasteiger partial charge in [0.2, 0.25) is 5.89 Å². The zero-order valence-corrected chi connectivity index (χ0v) is 21.5. The van der Waals surface area contributed by atoms with Crippen LogP contribution in [0.3, 0.4) is 0 Å². The predicted octanol–water partition coefficient (Wildman–Crippen LogP) is 4.18. The number of oxazole rings is 1. The molecule has 204 valence electrons. The highest BCUT2D eigenvalue weighted by Crippen LogP contribution is 2.29. The number of ether oxygens (including phenoxy) is 1. The highest BCUT2D eigenvalue weighted by Gasteiger charge is 2.33. The maximum Gasteiger partial charge on any atom is 0.318 e. The summed E-state index contributed by atoms with van der Waals surface area (Å²) in [5.74, 6) is -4.54. The number of carbonyl (C=O) groups is 1. The average molecular weight is 554 g/mol. The van der Waals surface area contributed by atoms with Gasteiger partial charge in [0.05, 0.1) is 5.56 Å². The van der Waals surface area contributed by atoms with Gasteiger partial charge in [-0.1, -0.05) is 12.1 Å². The summed E-state index contributed by atoms with van der Waals surface area (Å²) in [6.45, 7) is 2.33. The quantitative estimate of drug-likeness (QED) is 0.375. The van der Waals surface area contributed by atoms with Crippen LogP contribution in [0.2, 0.25) is 0 Å². The summed E-state index contributed by atoms with van der Waals surface area (Å²) in [4.78, 5) is 15.5. The zero-order valence-electron chi connectivity index (χ0n) is 20.7. The molecular formula is C25H26F3N3O6S. The molecular weight excluding hydrogens is 527 g/mol. The molecule has 0 amide bonds. The molecule has 13 heteroatoms. The Kier molecular flexibility index (Phi) is 8.09. The predicted molar refractivity (Wildman–Crippen MR) is 130 cm³/mol. The maximum absolute atomic E-state index is 14.4. The molecule has 1 aliphatic rings. The number of hydrogen-bond acceptors (Lipinski definition) is 6. The Balaban J connectivity index is 1.50. The normalized spacial score (nSPS) is 14.4. The first-order valence-electron chi connectivity index (χ1n) is 11.8. The van der Waals surface area contributed by atoms with Gasteiger partial charge in [-0.3, -0.25) is 4.79 Å². The van der Waals surface area contributed by atoms with Gasteiger partial charge in [-0.2, -0.15) is 17.0 Å². The van der Waals surface area contributed by atoms with Gasteiger partial charge in [0.25, 0.3) is 10.2 Å². The minimum atomic E-state index is -3.97. The number of halogens is 3. The number of carboxylic acid groups (broad SMARTS) is 1. The fourth-order valence-electron chi connectivity index (χ4n) is 4.06. The lowest BCUT2D eigenvalue weighted by molar-refractivity contribution is -0.137. The number of aromatic nitrogens is 1. The van der Waals surface area contributed by atoms with Crippen molar-refractivity contribution in [3.63, 3.8) is 0 Å². The van der Waals surface area contributed by atoms with E-state index in [9.17, 15) is 31.5 Å². The van der Waals surface area contributed by atoms with Gasteiger partial charge in [0, 0.05) is 25.2 Å². The Morgan fingerprint density at radius 2 is 1.87 bits per heavy atom. The molecule has 1 saturated heterocycles. The zero-order chi connectivity index (χ0) is 27.6. The number of aliphatic carboxylic acids is 1. The first-order chi connectivity index (χ1) is 18.0. The molecule has 1 aliphatic heterocycles. The van der Waals surface area contributed by atoms with Gasteiger partial charge in [-0.05, 0) is 50.5 Å². The van der Waals surface area contributed by atoms with Crippen molar-refractivity contribution >= 4 is 16.2 Å². The fourth-order valence-corrected chi connectivity index (χ4v) is 5.69. The van der Waals surface area contributed by atoms with Crippen LogP contribution in [-0.4, -0.2) is 52.7 Å². The number of hydrogen-bond donors (Lipinski definition) is 1. The number of nitrogens with zero attached hydrogens (tertiary/aromatic N) is 3. The molecule has 2 heterocycles. The van der Waals surface area contributed by atoms with Gasteiger partial charge in [-0.15, -0.1) is 0 Å². The summed E-state index contributed by atoms with van der Waals surface area (Å²) in [5, 5.41) is 9.27. The van der Waals surface area contributed by atoms with Crippen molar-refractivity contribution in [1.29, 1.82) is 0 Å². The van der Waals surface area contributed by atoms with E-state index in [0.717, 1.165) is 17.3 Å². The van der Waals surface area contributed by atoms with Crippen LogP contribution in [0, 0.1) is 31.3 Å². The third-order valence-electron chi connectivity index (χ3n) is 6.17. The summed E-state index contributed by atoms with van der Waals surface area (Å²) in [6.07, 6.45) is 1.43. The van der Waals surface area contributed by atoms with Gasteiger partial charge in [-0.25, -0.2) is 18.2 Å². The summed E-state index contributed by atoms with van der Waals surface area (Å²) < 4.78 is 81.6. The molecule has 3 aromatic rings. The van der Waals surface area contributed by atoms with E-state index in [0.29, 0.717) is 37.2 Å². The van der Waals surface area contributed by atoms with Crippen LogP contribution in [-0.2, 0) is 28.2 Å². The lowest BCUT2D eigenvalue weighted by Crippen LogP contribution is -2.44. The number of aryl methyl sites for hydroxylation is 1. The van der Waals surface area contributed by atoms with E-state index >= 15 is 0 Å². The summed E-state index contributed by atoms with van der Waals surface area (Å²) in [6, 6.07) is 7.26. The Morgan fingerprint density at radius 1 is 1.16 bits per heavy atom. The van der Waals surface area contributed by atoms with Crippen molar-refractivity contribution in [3.8, 4) is 17.2 Å². The smallest absolute Gasteiger partial charge is 0.318 e. The number of rotatable bonds is 10. The molecule has 0 unspecified atom stereocenters. The largest absolute Gasteiger partial charge is 0.487 e. The van der Waals surface area contributed by atoms with E-state index in [2.05, 4.69) is 4.98 Å². The molecule has 0 spiro atoms. The lowest BCUT2D eigenvalue weighted by atomic mass is 10.1. The third kappa shape index (κ3) is 5.84. The van der Waals surface area contributed by atoms with Crippen molar-refractivity contribution in [2.75, 3.05) is 19.6 Å². The van der Waals surface area contributed by atoms with Gasteiger partial charge in [0.15, 0.2) is 11.6 Å². The van der Waals surface area contributed by atoms with E-state index in [1.54, 1.807) is 24.3 Å².